The molecular formula is C27H24Cl2N2O4S. The smallest absolute Gasteiger partial charge is 0.339 e. The van der Waals surface area contributed by atoms with Crippen LogP contribution in [0.2, 0.25) is 10.0 Å². The minimum absolute atomic E-state index is 0.138. The molecule has 9 heteroatoms. The Hall–Kier alpha value is -3.39. The highest BCUT2D eigenvalue weighted by molar-refractivity contribution is 7.21. The molecule has 1 aromatic heterocycles. The number of amides is 2. The van der Waals surface area contributed by atoms with E-state index in [0.29, 0.717) is 20.6 Å². The largest absolute Gasteiger partial charge is 0.465 e. The normalized spacial score (nSPS) is 10.3. The third-order valence-electron chi connectivity index (χ3n) is 5.16. The number of anilines is 2. The fourth-order valence-electron chi connectivity index (χ4n) is 3.38. The summed E-state index contributed by atoms with van der Waals surface area (Å²) in [5, 5.41) is 4.42. The number of thiophene rings is 1. The summed E-state index contributed by atoms with van der Waals surface area (Å²) in [5.74, 6) is -1.46. The number of rotatable bonds is 5. The summed E-state index contributed by atoms with van der Waals surface area (Å²) >= 11 is 13.6. The molecule has 2 amide bonds. The summed E-state index contributed by atoms with van der Waals surface area (Å²) in [7, 11) is 2.77. The second-order valence-electron chi connectivity index (χ2n) is 7.29. The molecule has 0 bridgehead atoms. The lowest BCUT2D eigenvalue weighted by Crippen LogP contribution is -2.28. The predicted molar refractivity (Wildman–Crippen MR) is 148 cm³/mol. The number of esters is 1. The van der Waals surface area contributed by atoms with Gasteiger partial charge in [0.2, 0.25) is 0 Å². The lowest BCUT2D eigenvalue weighted by Gasteiger charge is -2.20. The fourth-order valence-corrected chi connectivity index (χ4v) is 5.00. The number of ether oxygens (including phenoxy) is 1. The molecule has 0 unspecified atom stereocenters. The molecule has 0 radical (unpaired) electrons. The molecule has 36 heavy (non-hydrogen) atoms. The molecule has 186 valence electrons. The highest BCUT2D eigenvalue weighted by Gasteiger charge is 2.26. The minimum Gasteiger partial charge on any atom is -0.465 e. The van der Waals surface area contributed by atoms with E-state index in [9.17, 15) is 14.4 Å². The van der Waals surface area contributed by atoms with Crippen LogP contribution in [0.1, 0.15) is 44.2 Å². The van der Waals surface area contributed by atoms with Crippen LogP contribution < -0.4 is 10.2 Å². The van der Waals surface area contributed by atoms with Crippen LogP contribution in [0, 0.1) is 0 Å². The Bertz CT molecular complexity index is 1420. The standard InChI is InChI=1S/C25H18Cl2N2O4S.C2H6/c1-29(24(31)22-21(27)18-5-3-4-6-20(18)34-22)19-13-14(7-12-17(19)25(32)33-2)23(30)28-16-10-8-15(26)9-11-16;1-2/h3-13H,1-2H3,(H,28,30);1-2H3. The van der Waals surface area contributed by atoms with Crippen molar-refractivity contribution in [1.82, 2.24) is 0 Å². The second-order valence-corrected chi connectivity index (χ2v) is 9.16. The molecule has 0 saturated heterocycles. The number of carbonyl (C=O) groups is 3. The maximum absolute atomic E-state index is 13.4. The number of fused-ring (bicyclic) bond motifs is 1. The number of hydrogen-bond acceptors (Lipinski definition) is 5. The molecule has 0 aliphatic carbocycles. The van der Waals surface area contributed by atoms with E-state index >= 15 is 0 Å². The van der Waals surface area contributed by atoms with Gasteiger partial charge < -0.3 is 15.0 Å². The molecule has 0 aliphatic rings. The van der Waals surface area contributed by atoms with E-state index in [1.54, 1.807) is 24.3 Å². The monoisotopic (exact) mass is 542 g/mol. The quantitative estimate of drug-likeness (QED) is 0.264. The van der Waals surface area contributed by atoms with Crippen molar-refractivity contribution in [1.29, 1.82) is 0 Å². The van der Waals surface area contributed by atoms with E-state index in [1.165, 1.54) is 48.6 Å². The number of benzene rings is 3. The molecule has 1 heterocycles. The van der Waals surface area contributed by atoms with Crippen LogP contribution in [-0.2, 0) is 4.74 Å². The van der Waals surface area contributed by atoms with Crippen LogP contribution in [0.5, 0.6) is 0 Å². The van der Waals surface area contributed by atoms with Gasteiger partial charge in [0.15, 0.2) is 0 Å². The minimum atomic E-state index is -0.637. The van der Waals surface area contributed by atoms with E-state index < -0.39 is 17.8 Å². The molecule has 3 aromatic carbocycles. The summed E-state index contributed by atoms with van der Waals surface area (Å²) in [6.07, 6.45) is 0. The highest BCUT2D eigenvalue weighted by atomic mass is 35.5. The van der Waals surface area contributed by atoms with Gasteiger partial charge in [-0.25, -0.2) is 4.79 Å². The zero-order valence-electron chi connectivity index (χ0n) is 20.1. The van der Waals surface area contributed by atoms with Gasteiger partial charge in [-0.3, -0.25) is 9.59 Å². The molecule has 4 aromatic rings. The SMILES string of the molecule is CC.COC(=O)c1ccc(C(=O)Nc2ccc(Cl)cc2)cc1N(C)C(=O)c1sc2ccccc2c1Cl. The van der Waals surface area contributed by atoms with Crippen molar-refractivity contribution in [2.45, 2.75) is 13.8 Å². The molecule has 0 spiro atoms. The topological polar surface area (TPSA) is 75.7 Å². The lowest BCUT2D eigenvalue weighted by molar-refractivity contribution is 0.0601. The summed E-state index contributed by atoms with van der Waals surface area (Å²) < 4.78 is 5.75. The van der Waals surface area contributed by atoms with Crippen LogP contribution in [0.3, 0.4) is 0 Å². The number of methoxy groups -OCH3 is 1. The van der Waals surface area contributed by atoms with E-state index in [2.05, 4.69) is 5.32 Å². The molecule has 0 atom stereocenters. The average molecular weight is 543 g/mol. The van der Waals surface area contributed by atoms with Crippen LogP contribution >= 0.6 is 34.5 Å². The first-order valence-electron chi connectivity index (χ1n) is 11.0. The van der Waals surface area contributed by atoms with Crippen LogP contribution in [0.25, 0.3) is 10.1 Å². The van der Waals surface area contributed by atoms with Gasteiger partial charge in [0.05, 0.1) is 23.4 Å². The van der Waals surface area contributed by atoms with Gasteiger partial charge in [0.25, 0.3) is 11.8 Å². The molecule has 6 nitrogen and oxygen atoms in total. The first-order chi connectivity index (χ1) is 17.3. The number of nitrogens with one attached hydrogen (secondary N) is 1. The Balaban J connectivity index is 0.00000176. The van der Waals surface area contributed by atoms with Crippen molar-refractivity contribution >= 4 is 73.8 Å². The zero-order valence-corrected chi connectivity index (χ0v) is 22.4. The zero-order chi connectivity index (χ0) is 26.4. The molecule has 0 saturated carbocycles. The Kier molecular flexibility index (Phi) is 9.09. The van der Waals surface area contributed by atoms with Crippen LogP contribution in [0.15, 0.2) is 66.7 Å². The Morgan fingerprint density at radius 3 is 2.25 bits per heavy atom. The molecule has 0 fully saturated rings. The maximum atomic E-state index is 13.4. The average Bonchev–Trinajstić information content (AvgIpc) is 3.25. The Morgan fingerprint density at radius 2 is 1.61 bits per heavy atom. The molecule has 1 N–H and O–H groups in total. The van der Waals surface area contributed by atoms with Gasteiger partial charge in [-0.05, 0) is 48.5 Å². The van der Waals surface area contributed by atoms with E-state index in [4.69, 9.17) is 27.9 Å². The second kappa shape index (κ2) is 12.0. The first kappa shape index (κ1) is 27.2. The van der Waals surface area contributed by atoms with Crippen LogP contribution in [-0.4, -0.2) is 31.9 Å². The predicted octanol–water partition coefficient (Wildman–Crippen LogP) is 7.55. The Labute approximate surface area is 223 Å². The highest BCUT2D eigenvalue weighted by Crippen LogP contribution is 2.37. The van der Waals surface area contributed by atoms with E-state index in [1.807, 2.05) is 38.1 Å². The Morgan fingerprint density at radius 1 is 0.944 bits per heavy atom. The first-order valence-corrected chi connectivity index (χ1v) is 12.6. The third kappa shape index (κ3) is 5.70. The molecular weight excluding hydrogens is 519 g/mol. The van der Waals surface area contributed by atoms with Gasteiger partial charge in [-0.1, -0.05) is 55.2 Å². The number of hydrogen-bond donors (Lipinski definition) is 1. The summed E-state index contributed by atoms with van der Waals surface area (Å²) in [6.45, 7) is 4.00. The van der Waals surface area contributed by atoms with E-state index in [-0.39, 0.29) is 16.8 Å². The van der Waals surface area contributed by atoms with Crippen molar-refractivity contribution in [3.05, 3.63) is 92.8 Å². The van der Waals surface area contributed by atoms with Crippen molar-refractivity contribution < 1.29 is 19.1 Å². The fraction of sp³-hybridized carbons (Fsp3) is 0.148. The maximum Gasteiger partial charge on any atom is 0.339 e. The summed E-state index contributed by atoms with van der Waals surface area (Å²) in [6, 6.07) is 18.5. The van der Waals surface area contributed by atoms with Gasteiger partial charge in [-0.2, -0.15) is 0 Å². The van der Waals surface area contributed by atoms with Crippen LogP contribution in [0.4, 0.5) is 11.4 Å². The van der Waals surface area contributed by atoms with Crippen molar-refractivity contribution in [3.8, 4) is 0 Å². The summed E-state index contributed by atoms with van der Waals surface area (Å²) in [4.78, 5) is 40.3. The lowest BCUT2D eigenvalue weighted by atomic mass is 10.1. The molecule has 4 rings (SSSR count). The van der Waals surface area contributed by atoms with Gasteiger partial charge >= 0.3 is 5.97 Å². The third-order valence-corrected chi connectivity index (χ3v) is 7.08. The van der Waals surface area contributed by atoms with Crippen molar-refractivity contribution in [3.63, 3.8) is 0 Å². The van der Waals surface area contributed by atoms with Gasteiger partial charge in [0, 0.05) is 33.4 Å². The summed E-state index contributed by atoms with van der Waals surface area (Å²) in [5.41, 5.74) is 1.15. The number of carbonyl (C=O) groups excluding carboxylic acids is 3. The number of nitrogens with zero attached hydrogens (tertiary/aromatic N) is 1. The van der Waals surface area contributed by atoms with Crippen molar-refractivity contribution in [2.24, 2.45) is 0 Å². The van der Waals surface area contributed by atoms with Gasteiger partial charge in [-0.15, -0.1) is 11.3 Å². The molecule has 0 aliphatic heterocycles. The number of halogens is 2. The van der Waals surface area contributed by atoms with Crippen molar-refractivity contribution in [2.75, 3.05) is 24.4 Å². The van der Waals surface area contributed by atoms with Gasteiger partial charge in [0.1, 0.15) is 4.88 Å². The van der Waals surface area contributed by atoms with E-state index in [0.717, 1.165) is 10.1 Å².